The summed E-state index contributed by atoms with van der Waals surface area (Å²) in [6, 6.07) is 13.9. The minimum Gasteiger partial charge on any atom is -0.341 e. The van der Waals surface area contributed by atoms with Crippen LogP contribution in [0.1, 0.15) is 17.0 Å². The number of benzene rings is 1. The third-order valence-electron chi connectivity index (χ3n) is 3.77. The van der Waals surface area contributed by atoms with Crippen LogP contribution in [0.25, 0.3) is 11.3 Å². The van der Waals surface area contributed by atoms with Gasteiger partial charge in [-0.3, -0.25) is 9.78 Å². The highest BCUT2D eigenvalue weighted by molar-refractivity contribution is 7.09. The Morgan fingerprint density at radius 3 is 2.62 bits per heavy atom. The molecule has 0 aliphatic heterocycles. The molecule has 0 bridgehead atoms. The average Bonchev–Trinajstić information content (AvgIpc) is 3.10. The molecule has 0 aliphatic carbocycles. The van der Waals surface area contributed by atoms with E-state index in [1.165, 1.54) is 0 Å². The van der Waals surface area contributed by atoms with Gasteiger partial charge in [0, 0.05) is 49.8 Å². The Balaban J connectivity index is 1.54. The SMILES string of the molecule is CN(Cc1ccccc1)C(=O)CCc1nc(-c2ccncc2)cs1. The molecule has 0 aliphatic rings. The molecule has 0 saturated carbocycles. The van der Waals surface area contributed by atoms with Crippen LogP contribution >= 0.6 is 11.3 Å². The maximum atomic E-state index is 12.3. The van der Waals surface area contributed by atoms with Crippen LogP contribution in [0.3, 0.4) is 0 Å². The Kier molecular flexibility index (Phi) is 5.33. The van der Waals surface area contributed by atoms with Crippen molar-refractivity contribution in [3.63, 3.8) is 0 Å². The highest BCUT2D eigenvalue weighted by atomic mass is 32.1. The van der Waals surface area contributed by atoms with E-state index in [1.807, 2.05) is 54.9 Å². The summed E-state index contributed by atoms with van der Waals surface area (Å²) in [7, 11) is 1.85. The molecule has 0 N–H and O–H groups in total. The summed E-state index contributed by atoms with van der Waals surface area (Å²) in [5.74, 6) is 0.138. The number of carbonyl (C=O) groups is 1. The van der Waals surface area contributed by atoms with Crippen LogP contribution in [-0.4, -0.2) is 27.8 Å². The molecule has 122 valence electrons. The van der Waals surface area contributed by atoms with E-state index in [0.717, 1.165) is 21.8 Å². The molecule has 3 rings (SSSR count). The number of nitrogens with zero attached hydrogens (tertiary/aromatic N) is 3. The van der Waals surface area contributed by atoms with Crippen LogP contribution in [0.4, 0.5) is 0 Å². The van der Waals surface area contributed by atoms with Crippen LogP contribution in [-0.2, 0) is 17.8 Å². The smallest absolute Gasteiger partial charge is 0.223 e. The number of hydrogen-bond acceptors (Lipinski definition) is 4. The van der Waals surface area contributed by atoms with Crippen molar-refractivity contribution in [1.29, 1.82) is 0 Å². The van der Waals surface area contributed by atoms with Crippen LogP contribution in [0.2, 0.25) is 0 Å². The molecule has 3 aromatic rings. The van der Waals surface area contributed by atoms with Gasteiger partial charge in [0.1, 0.15) is 0 Å². The molecule has 2 heterocycles. The van der Waals surface area contributed by atoms with E-state index in [0.29, 0.717) is 19.4 Å². The minimum atomic E-state index is 0.138. The van der Waals surface area contributed by atoms with Gasteiger partial charge in [0.2, 0.25) is 5.91 Å². The van der Waals surface area contributed by atoms with Crippen molar-refractivity contribution < 1.29 is 4.79 Å². The number of aryl methyl sites for hydroxylation is 1. The van der Waals surface area contributed by atoms with Gasteiger partial charge in [0.05, 0.1) is 10.7 Å². The third kappa shape index (κ3) is 4.26. The van der Waals surface area contributed by atoms with E-state index in [-0.39, 0.29) is 5.91 Å². The fourth-order valence-electron chi connectivity index (χ4n) is 2.43. The van der Waals surface area contributed by atoms with Crippen LogP contribution in [0.15, 0.2) is 60.2 Å². The fourth-order valence-corrected chi connectivity index (χ4v) is 3.24. The lowest BCUT2D eigenvalue weighted by Gasteiger charge is -2.16. The Labute approximate surface area is 145 Å². The summed E-state index contributed by atoms with van der Waals surface area (Å²) in [6.07, 6.45) is 4.67. The van der Waals surface area contributed by atoms with Crippen molar-refractivity contribution >= 4 is 17.2 Å². The van der Waals surface area contributed by atoms with Crippen molar-refractivity contribution in [3.05, 3.63) is 70.8 Å². The van der Waals surface area contributed by atoms with E-state index in [1.54, 1.807) is 28.6 Å². The maximum absolute atomic E-state index is 12.3. The summed E-state index contributed by atoms with van der Waals surface area (Å²) < 4.78 is 0. The molecule has 24 heavy (non-hydrogen) atoms. The fraction of sp³-hybridized carbons (Fsp3) is 0.211. The van der Waals surface area contributed by atoms with E-state index in [2.05, 4.69) is 9.97 Å². The summed E-state index contributed by atoms with van der Waals surface area (Å²) in [4.78, 5) is 22.7. The first-order valence-electron chi connectivity index (χ1n) is 7.85. The topological polar surface area (TPSA) is 46.1 Å². The van der Waals surface area contributed by atoms with E-state index < -0.39 is 0 Å². The number of amides is 1. The monoisotopic (exact) mass is 337 g/mol. The van der Waals surface area contributed by atoms with Crippen LogP contribution < -0.4 is 0 Å². The summed E-state index contributed by atoms with van der Waals surface area (Å²) in [6.45, 7) is 0.639. The Bertz CT molecular complexity index is 787. The molecule has 0 spiro atoms. The predicted octanol–water partition coefficient (Wildman–Crippen LogP) is 3.80. The number of pyridine rings is 1. The number of carbonyl (C=O) groups excluding carboxylic acids is 1. The molecule has 0 atom stereocenters. The number of rotatable bonds is 6. The molecule has 0 unspecified atom stereocenters. The van der Waals surface area contributed by atoms with Crippen molar-refractivity contribution in [2.75, 3.05) is 7.05 Å². The molecule has 4 nitrogen and oxygen atoms in total. The zero-order valence-electron chi connectivity index (χ0n) is 13.6. The van der Waals surface area contributed by atoms with E-state index in [4.69, 9.17) is 0 Å². The maximum Gasteiger partial charge on any atom is 0.223 e. The van der Waals surface area contributed by atoms with Gasteiger partial charge in [-0.2, -0.15) is 0 Å². The number of aromatic nitrogens is 2. The molecule has 1 amide bonds. The lowest BCUT2D eigenvalue weighted by Crippen LogP contribution is -2.26. The van der Waals surface area contributed by atoms with E-state index >= 15 is 0 Å². The quantitative estimate of drug-likeness (QED) is 0.687. The van der Waals surface area contributed by atoms with Crippen molar-refractivity contribution in [2.24, 2.45) is 0 Å². The van der Waals surface area contributed by atoms with Crippen molar-refractivity contribution in [1.82, 2.24) is 14.9 Å². The lowest BCUT2D eigenvalue weighted by atomic mass is 10.2. The molecule has 0 fully saturated rings. The molecule has 0 radical (unpaired) electrons. The summed E-state index contributed by atoms with van der Waals surface area (Å²) >= 11 is 1.60. The van der Waals surface area contributed by atoms with Gasteiger partial charge in [-0.05, 0) is 17.7 Å². The lowest BCUT2D eigenvalue weighted by molar-refractivity contribution is -0.130. The van der Waals surface area contributed by atoms with Gasteiger partial charge < -0.3 is 4.90 Å². The highest BCUT2D eigenvalue weighted by Crippen LogP contribution is 2.22. The Morgan fingerprint density at radius 2 is 1.88 bits per heavy atom. The molecule has 0 saturated heterocycles. The second-order valence-electron chi connectivity index (χ2n) is 5.60. The molecule has 2 aromatic heterocycles. The normalized spacial score (nSPS) is 10.5. The van der Waals surface area contributed by atoms with Crippen LogP contribution in [0.5, 0.6) is 0 Å². The zero-order chi connectivity index (χ0) is 16.8. The Morgan fingerprint density at radius 1 is 1.12 bits per heavy atom. The third-order valence-corrected chi connectivity index (χ3v) is 4.68. The zero-order valence-corrected chi connectivity index (χ0v) is 14.4. The largest absolute Gasteiger partial charge is 0.341 e. The van der Waals surface area contributed by atoms with Gasteiger partial charge >= 0.3 is 0 Å². The predicted molar refractivity (Wildman–Crippen MR) is 96.6 cm³/mol. The molecular weight excluding hydrogens is 318 g/mol. The summed E-state index contributed by atoms with van der Waals surface area (Å²) in [5.41, 5.74) is 3.14. The second kappa shape index (κ2) is 7.84. The molecule has 5 heteroatoms. The van der Waals surface area contributed by atoms with Gasteiger partial charge in [0.15, 0.2) is 0 Å². The number of thiazole rings is 1. The molecule has 1 aromatic carbocycles. The first kappa shape index (κ1) is 16.3. The van der Waals surface area contributed by atoms with Gasteiger partial charge in [-0.1, -0.05) is 30.3 Å². The van der Waals surface area contributed by atoms with Gasteiger partial charge in [-0.15, -0.1) is 11.3 Å². The number of hydrogen-bond donors (Lipinski definition) is 0. The van der Waals surface area contributed by atoms with Gasteiger partial charge in [0.25, 0.3) is 0 Å². The van der Waals surface area contributed by atoms with E-state index in [9.17, 15) is 4.79 Å². The average molecular weight is 337 g/mol. The first-order chi connectivity index (χ1) is 11.7. The minimum absolute atomic E-state index is 0.138. The van der Waals surface area contributed by atoms with Crippen LogP contribution in [0, 0.1) is 0 Å². The molecular formula is C19H19N3OS. The summed E-state index contributed by atoms with van der Waals surface area (Å²) in [5, 5.41) is 3.02. The standard InChI is InChI=1S/C19H19N3OS/c1-22(13-15-5-3-2-4-6-15)19(23)8-7-18-21-17(14-24-18)16-9-11-20-12-10-16/h2-6,9-12,14H,7-8,13H2,1H3. The Hall–Kier alpha value is -2.53. The highest BCUT2D eigenvalue weighted by Gasteiger charge is 2.11. The van der Waals surface area contributed by atoms with Gasteiger partial charge in [-0.25, -0.2) is 4.98 Å². The van der Waals surface area contributed by atoms with Crippen molar-refractivity contribution in [3.8, 4) is 11.3 Å². The van der Waals surface area contributed by atoms with Crippen molar-refractivity contribution in [2.45, 2.75) is 19.4 Å². The second-order valence-corrected chi connectivity index (χ2v) is 6.54. The first-order valence-corrected chi connectivity index (χ1v) is 8.73.